The average Bonchev–Trinajstić information content (AvgIpc) is 2.96. The molecule has 0 aliphatic carbocycles. The van der Waals surface area contributed by atoms with E-state index in [1.54, 1.807) is 12.1 Å². The molecule has 0 amide bonds. The number of hydrogen-bond donors (Lipinski definition) is 1. The van der Waals surface area contributed by atoms with E-state index >= 15 is 0 Å². The first kappa shape index (κ1) is 16.1. The van der Waals surface area contributed by atoms with Gasteiger partial charge in [-0.2, -0.15) is 4.31 Å². The molecule has 0 spiro atoms. The fraction of sp³-hybridized carbons (Fsp3) is 0.571. The molecule has 0 saturated carbocycles. The van der Waals surface area contributed by atoms with Gasteiger partial charge in [-0.05, 0) is 38.1 Å². The van der Waals surface area contributed by atoms with Crippen molar-refractivity contribution in [2.24, 2.45) is 5.92 Å². The first-order chi connectivity index (χ1) is 10.0. The zero-order chi connectivity index (χ0) is 15.5. The molecule has 1 saturated heterocycles. The minimum atomic E-state index is -3.56. The second-order valence-electron chi connectivity index (χ2n) is 5.09. The van der Waals surface area contributed by atoms with E-state index in [4.69, 9.17) is 9.47 Å². The largest absolute Gasteiger partial charge is 0.497 e. The number of rotatable bonds is 6. The molecule has 1 aliphatic rings. The Labute approximate surface area is 126 Å². The van der Waals surface area contributed by atoms with Gasteiger partial charge in [0.15, 0.2) is 0 Å². The normalized spacial score (nSPS) is 19.7. The Morgan fingerprint density at radius 1 is 1.33 bits per heavy atom. The van der Waals surface area contributed by atoms with Crippen molar-refractivity contribution < 1.29 is 17.9 Å². The standard InChI is InChI=1S/C14H22N2O4S/c1-15-9-11-6-7-16(10-11)21(17,18)14-8-12(19-2)4-5-13(14)20-3/h4-5,8,11,15H,6-7,9-10H2,1-3H3. The summed E-state index contributed by atoms with van der Waals surface area (Å²) in [5.74, 6) is 1.19. The van der Waals surface area contributed by atoms with Crippen LogP contribution in [-0.2, 0) is 10.0 Å². The third-order valence-corrected chi connectivity index (χ3v) is 5.62. The van der Waals surface area contributed by atoms with Gasteiger partial charge in [0, 0.05) is 19.2 Å². The van der Waals surface area contributed by atoms with Crippen LogP contribution in [0.5, 0.6) is 11.5 Å². The summed E-state index contributed by atoms with van der Waals surface area (Å²) in [6.45, 7) is 1.89. The van der Waals surface area contributed by atoms with Crippen LogP contribution in [0.25, 0.3) is 0 Å². The van der Waals surface area contributed by atoms with Crippen LogP contribution in [0.3, 0.4) is 0 Å². The molecule has 1 heterocycles. The van der Waals surface area contributed by atoms with Crippen molar-refractivity contribution in [3.63, 3.8) is 0 Å². The van der Waals surface area contributed by atoms with Gasteiger partial charge in [0.1, 0.15) is 16.4 Å². The lowest BCUT2D eigenvalue weighted by molar-refractivity contribution is 0.387. The molecule has 1 fully saturated rings. The van der Waals surface area contributed by atoms with Gasteiger partial charge in [-0.15, -0.1) is 0 Å². The van der Waals surface area contributed by atoms with Crippen molar-refractivity contribution in [1.29, 1.82) is 0 Å². The van der Waals surface area contributed by atoms with Crippen molar-refractivity contribution in [2.75, 3.05) is 40.9 Å². The quantitative estimate of drug-likeness (QED) is 0.846. The molecular weight excluding hydrogens is 292 g/mol. The van der Waals surface area contributed by atoms with Crippen LogP contribution >= 0.6 is 0 Å². The summed E-state index contributed by atoms with van der Waals surface area (Å²) < 4.78 is 37.4. The van der Waals surface area contributed by atoms with Gasteiger partial charge in [0.2, 0.25) is 10.0 Å². The topological polar surface area (TPSA) is 67.9 Å². The van der Waals surface area contributed by atoms with Crippen molar-refractivity contribution in [2.45, 2.75) is 11.3 Å². The number of nitrogens with one attached hydrogen (secondary N) is 1. The molecule has 2 rings (SSSR count). The summed E-state index contributed by atoms with van der Waals surface area (Å²) in [4.78, 5) is 0.162. The summed E-state index contributed by atoms with van der Waals surface area (Å²) in [5, 5.41) is 3.10. The zero-order valence-electron chi connectivity index (χ0n) is 12.6. The van der Waals surface area contributed by atoms with E-state index in [1.807, 2.05) is 7.05 Å². The van der Waals surface area contributed by atoms with Crippen LogP contribution in [0.15, 0.2) is 23.1 Å². The first-order valence-corrected chi connectivity index (χ1v) is 8.33. The van der Waals surface area contributed by atoms with Crippen LogP contribution in [0.4, 0.5) is 0 Å². The van der Waals surface area contributed by atoms with E-state index in [-0.39, 0.29) is 4.90 Å². The SMILES string of the molecule is CNCC1CCN(S(=O)(=O)c2cc(OC)ccc2OC)C1. The van der Waals surface area contributed by atoms with Crippen LogP contribution in [0.2, 0.25) is 0 Å². The van der Waals surface area contributed by atoms with Gasteiger partial charge in [0.05, 0.1) is 14.2 Å². The van der Waals surface area contributed by atoms with Crippen molar-refractivity contribution in [3.8, 4) is 11.5 Å². The van der Waals surface area contributed by atoms with Crippen molar-refractivity contribution in [1.82, 2.24) is 9.62 Å². The summed E-state index contributed by atoms with van der Waals surface area (Å²) >= 11 is 0. The van der Waals surface area contributed by atoms with E-state index in [1.165, 1.54) is 24.6 Å². The summed E-state index contributed by atoms with van der Waals surface area (Å²) in [5.41, 5.74) is 0. The van der Waals surface area contributed by atoms with Gasteiger partial charge in [-0.3, -0.25) is 0 Å². The molecule has 1 aliphatic heterocycles. The van der Waals surface area contributed by atoms with Crippen molar-refractivity contribution in [3.05, 3.63) is 18.2 Å². The summed E-state index contributed by atoms with van der Waals surface area (Å²) in [7, 11) is 1.29. The third kappa shape index (κ3) is 3.30. The van der Waals surface area contributed by atoms with Gasteiger partial charge in [-0.25, -0.2) is 8.42 Å². The fourth-order valence-corrected chi connectivity index (χ4v) is 4.30. The molecule has 6 nitrogen and oxygen atoms in total. The van der Waals surface area contributed by atoms with Crippen molar-refractivity contribution >= 4 is 10.0 Å². The van der Waals surface area contributed by atoms with Gasteiger partial charge >= 0.3 is 0 Å². The number of nitrogens with zero attached hydrogens (tertiary/aromatic N) is 1. The van der Waals surface area contributed by atoms with Crippen LogP contribution < -0.4 is 14.8 Å². The Bertz CT molecular complexity index is 589. The maximum Gasteiger partial charge on any atom is 0.246 e. The lowest BCUT2D eigenvalue weighted by Crippen LogP contribution is -2.30. The Kier molecular flexibility index (Phi) is 5.08. The van der Waals surface area contributed by atoms with E-state index in [0.717, 1.165) is 13.0 Å². The number of benzene rings is 1. The van der Waals surface area contributed by atoms with E-state index < -0.39 is 10.0 Å². The second kappa shape index (κ2) is 6.64. The Morgan fingerprint density at radius 2 is 2.10 bits per heavy atom. The highest BCUT2D eigenvalue weighted by atomic mass is 32.2. The predicted octanol–water partition coefficient (Wildman–Crippen LogP) is 0.934. The molecule has 1 unspecified atom stereocenters. The molecule has 0 aromatic heterocycles. The van der Waals surface area contributed by atoms with E-state index in [9.17, 15) is 8.42 Å². The maximum absolute atomic E-state index is 12.8. The van der Waals surface area contributed by atoms with E-state index in [0.29, 0.717) is 30.5 Å². The molecule has 0 radical (unpaired) electrons. The molecule has 118 valence electrons. The molecule has 0 bridgehead atoms. The smallest absolute Gasteiger partial charge is 0.246 e. The highest BCUT2D eigenvalue weighted by molar-refractivity contribution is 7.89. The Balaban J connectivity index is 2.31. The molecule has 1 aromatic carbocycles. The number of sulfonamides is 1. The van der Waals surface area contributed by atoms with Crippen LogP contribution in [-0.4, -0.2) is 53.6 Å². The minimum absolute atomic E-state index is 0.162. The second-order valence-corrected chi connectivity index (χ2v) is 7.00. The molecule has 1 atom stereocenters. The number of ether oxygens (including phenoxy) is 2. The summed E-state index contributed by atoms with van der Waals surface area (Å²) in [6, 6.07) is 4.82. The predicted molar refractivity (Wildman–Crippen MR) is 80.3 cm³/mol. The molecule has 7 heteroatoms. The highest BCUT2D eigenvalue weighted by Gasteiger charge is 2.34. The minimum Gasteiger partial charge on any atom is -0.497 e. The van der Waals surface area contributed by atoms with E-state index in [2.05, 4.69) is 5.32 Å². The van der Waals surface area contributed by atoms with Gasteiger partial charge in [0.25, 0.3) is 0 Å². The highest BCUT2D eigenvalue weighted by Crippen LogP contribution is 2.32. The maximum atomic E-state index is 12.8. The van der Waals surface area contributed by atoms with Gasteiger partial charge < -0.3 is 14.8 Å². The molecule has 1 N–H and O–H groups in total. The third-order valence-electron chi connectivity index (χ3n) is 3.73. The molecule has 21 heavy (non-hydrogen) atoms. The number of methoxy groups -OCH3 is 2. The Hall–Kier alpha value is -1.31. The lowest BCUT2D eigenvalue weighted by Gasteiger charge is -2.19. The average molecular weight is 314 g/mol. The molecular formula is C14H22N2O4S. The Morgan fingerprint density at radius 3 is 2.71 bits per heavy atom. The van der Waals surface area contributed by atoms with Crippen LogP contribution in [0, 0.1) is 5.92 Å². The lowest BCUT2D eigenvalue weighted by atomic mass is 10.1. The molecule has 1 aromatic rings. The first-order valence-electron chi connectivity index (χ1n) is 6.89. The summed E-state index contributed by atoms with van der Waals surface area (Å²) in [6.07, 6.45) is 0.867. The van der Waals surface area contributed by atoms with Crippen LogP contribution in [0.1, 0.15) is 6.42 Å². The zero-order valence-corrected chi connectivity index (χ0v) is 13.4. The monoisotopic (exact) mass is 314 g/mol. The van der Waals surface area contributed by atoms with Gasteiger partial charge in [-0.1, -0.05) is 0 Å². The number of hydrogen-bond acceptors (Lipinski definition) is 5. The fourth-order valence-electron chi connectivity index (χ4n) is 2.60.